The number of amides is 1. The monoisotopic (exact) mass is 517 g/mol. The minimum absolute atomic E-state index is 0.208. The Morgan fingerprint density at radius 2 is 1.97 bits per heavy atom. The number of pyridine rings is 2. The summed E-state index contributed by atoms with van der Waals surface area (Å²) >= 11 is 7.81. The molecule has 184 valence electrons. The van der Waals surface area contributed by atoms with Gasteiger partial charge in [0.25, 0.3) is 5.91 Å². The van der Waals surface area contributed by atoms with E-state index in [1.807, 2.05) is 19.2 Å². The molecule has 36 heavy (non-hydrogen) atoms. The molecule has 1 amide bonds. The van der Waals surface area contributed by atoms with Gasteiger partial charge in [-0.1, -0.05) is 41.9 Å². The summed E-state index contributed by atoms with van der Waals surface area (Å²) < 4.78 is 0. The molecule has 1 aromatic carbocycles. The van der Waals surface area contributed by atoms with E-state index < -0.39 is 0 Å². The first-order chi connectivity index (χ1) is 17.6. The maximum Gasteiger partial charge on any atom is 0.253 e. The molecule has 1 aliphatic carbocycles. The van der Waals surface area contributed by atoms with E-state index in [1.54, 1.807) is 23.6 Å². The molecule has 1 atom stereocenters. The number of halogens is 1. The Bertz CT molecular complexity index is 1340. The highest BCUT2D eigenvalue weighted by Crippen LogP contribution is 2.35. The number of nitrogens with one attached hydrogen (secondary N) is 1. The molecular formula is C28H28ClN5OS. The van der Waals surface area contributed by atoms with E-state index in [-0.39, 0.29) is 11.9 Å². The number of aromatic nitrogens is 3. The Labute approximate surface area is 220 Å². The van der Waals surface area contributed by atoms with Crippen LogP contribution >= 0.6 is 22.9 Å². The first-order valence-electron chi connectivity index (χ1n) is 12.1. The number of benzene rings is 1. The normalized spacial score (nSPS) is 15.0. The maximum absolute atomic E-state index is 12.5. The van der Waals surface area contributed by atoms with Crippen molar-refractivity contribution in [3.8, 4) is 0 Å². The number of hydrogen-bond donors (Lipinski definition) is 1. The molecule has 3 aromatic heterocycles. The van der Waals surface area contributed by atoms with Crippen LogP contribution < -0.4 is 5.32 Å². The fraction of sp³-hybridized carbons (Fsp3) is 0.286. The van der Waals surface area contributed by atoms with Crippen LogP contribution in [-0.2, 0) is 26.1 Å². The summed E-state index contributed by atoms with van der Waals surface area (Å²) in [6, 6.07) is 14.6. The molecule has 4 aromatic rings. The van der Waals surface area contributed by atoms with E-state index in [0.717, 1.165) is 48.6 Å². The minimum atomic E-state index is -0.208. The summed E-state index contributed by atoms with van der Waals surface area (Å²) in [6.45, 7) is 4.07. The second kappa shape index (κ2) is 11.3. The van der Waals surface area contributed by atoms with E-state index in [1.165, 1.54) is 23.0 Å². The standard InChI is InChI=1S/C28H28ClN5OS/c1-19-18-36-26(33-19)17-34(25-6-2-4-22-5-3-12-31-27(22)25)16-21-9-7-20(8-10-21)14-32-28(35)23-11-13-30-15-24(23)29/h3,5,7-13,15,18,25H,2,4,6,14,16-17H2,1H3,(H,32,35). The van der Waals surface area contributed by atoms with Gasteiger partial charge in [-0.05, 0) is 55.0 Å². The van der Waals surface area contributed by atoms with Gasteiger partial charge in [0, 0.05) is 42.8 Å². The van der Waals surface area contributed by atoms with Crippen LogP contribution in [-0.4, -0.2) is 25.8 Å². The fourth-order valence-electron chi connectivity index (χ4n) is 4.70. The zero-order valence-electron chi connectivity index (χ0n) is 20.2. The number of carbonyl (C=O) groups excluding carboxylic acids is 1. The number of thiazole rings is 1. The lowest BCUT2D eigenvalue weighted by Crippen LogP contribution is -2.31. The minimum Gasteiger partial charge on any atom is -0.348 e. The van der Waals surface area contributed by atoms with E-state index in [0.29, 0.717) is 17.1 Å². The number of rotatable bonds is 8. The zero-order chi connectivity index (χ0) is 24.9. The van der Waals surface area contributed by atoms with Gasteiger partial charge in [0.05, 0.1) is 28.9 Å². The van der Waals surface area contributed by atoms with E-state index >= 15 is 0 Å². The van der Waals surface area contributed by atoms with Gasteiger partial charge in [-0.2, -0.15) is 0 Å². The molecule has 5 rings (SSSR count). The molecule has 1 aliphatic rings. The van der Waals surface area contributed by atoms with Crippen molar-refractivity contribution >= 4 is 28.8 Å². The molecule has 0 fully saturated rings. The summed E-state index contributed by atoms with van der Waals surface area (Å²) in [7, 11) is 0. The number of aryl methyl sites for hydroxylation is 2. The van der Waals surface area contributed by atoms with Gasteiger partial charge in [0.1, 0.15) is 5.01 Å². The number of hydrogen-bond acceptors (Lipinski definition) is 6. The van der Waals surface area contributed by atoms with Crippen molar-refractivity contribution in [3.63, 3.8) is 0 Å². The van der Waals surface area contributed by atoms with Crippen molar-refractivity contribution in [1.29, 1.82) is 0 Å². The topological polar surface area (TPSA) is 71.0 Å². The molecule has 0 bridgehead atoms. The molecule has 0 radical (unpaired) electrons. The summed E-state index contributed by atoms with van der Waals surface area (Å²) in [5.74, 6) is -0.208. The van der Waals surface area contributed by atoms with Gasteiger partial charge < -0.3 is 5.32 Å². The van der Waals surface area contributed by atoms with Crippen molar-refractivity contribution < 1.29 is 4.79 Å². The SMILES string of the molecule is Cc1csc(CN(Cc2ccc(CNC(=O)c3ccncc3Cl)cc2)C2CCCc3cccnc32)n1. The molecule has 1 unspecified atom stereocenters. The average molecular weight is 518 g/mol. The highest BCUT2D eigenvalue weighted by Gasteiger charge is 2.28. The second-order valence-electron chi connectivity index (χ2n) is 9.10. The van der Waals surface area contributed by atoms with Crippen LogP contribution in [0.4, 0.5) is 0 Å². The van der Waals surface area contributed by atoms with Gasteiger partial charge in [-0.25, -0.2) is 4.98 Å². The summed E-state index contributed by atoms with van der Waals surface area (Å²) in [5.41, 5.74) is 6.30. The van der Waals surface area contributed by atoms with Crippen LogP contribution in [0.25, 0.3) is 0 Å². The quantitative estimate of drug-likeness (QED) is 0.315. The van der Waals surface area contributed by atoms with Crippen LogP contribution in [0.3, 0.4) is 0 Å². The lowest BCUT2D eigenvalue weighted by molar-refractivity contribution is 0.0951. The molecule has 0 aliphatic heterocycles. The molecule has 1 N–H and O–H groups in total. The van der Waals surface area contributed by atoms with Crippen molar-refractivity contribution in [3.05, 3.63) is 110 Å². The highest BCUT2D eigenvalue weighted by atomic mass is 35.5. The molecule has 8 heteroatoms. The Hall–Kier alpha value is -3.13. The average Bonchev–Trinajstić information content (AvgIpc) is 3.32. The predicted molar refractivity (Wildman–Crippen MR) is 143 cm³/mol. The zero-order valence-corrected chi connectivity index (χ0v) is 21.7. The van der Waals surface area contributed by atoms with Crippen LogP contribution in [0.5, 0.6) is 0 Å². The molecular weight excluding hydrogens is 490 g/mol. The van der Waals surface area contributed by atoms with Gasteiger partial charge in [-0.15, -0.1) is 11.3 Å². The van der Waals surface area contributed by atoms with Gasteiger partial charge in [-0.3, -0.25) is 19.7 Å². The molecule has 3 heterocycles. The summed E-state index contributed by atoms with van der Waals surface area (Å²) in [4.78, 5) is 28.4. The van der Waals surface area contributed by atoms with Crippen molar-refractivity contribution in [2.75, 3.05) is 0 Å². The molecule has 6 nitrogen and oxygen atoms in total. The molecule has 0 saturated carbocycles. The van der Waals surface area contributed by atoms with E-state index in [4.69, 9.17) is 21.6 Å². The number of fused-ring (bicyclic) bond motifs is 1. The summed E-state index contributed by atoms with van der Waals surface area (Å²) in [5, 5.41) is 6.53. The van der Waals surface area contributed by atoms with E-state index in [9.17, 15) is 4.79 Å². The first kappa shape index (κ1) is 24.6. The lowest BCUT2D eigenvalue weighted by atomic mass is 9.90. The number of nitrogens with zero attached hydrogens (tertiary/aromatic N) is 4. The van der Waals surface area contributed by atoms with E-state index in [2.05, 4.69) is 50.9 Å². The third kappa shape index (κ3) is 5.81. The van der Waals surface area contributed by atoms with Crippen LogP contribution in [0, 0.1) is 6.92 Å². The van der Waals surface area contributed by atoms with Crippen molar-refractivity contribution in [1.82, 2.24) is 25.2 Å². The van der Waals surface area contributed by atoms with Crippen molar-refractivity contribution in [2.24, 2.45) is 0 Å². The number of carbonyl (C=O) groups is 1. The lowest BCUT2D eigenvalue weighted by Gasteiger charge is -2.34. The molecule has 0 spiro atoms. The Morgan fingerprint density at radius 1 is 1.14 bits per heavy atom. The maximum atomic E-state index is 12.5. The Balaban J connectivity index is 1.29. The fourth-order valence-corrected chi connectivity index (χ4v) is 5.70. The van der Waals surface area contributed by atoms with Crippen LogP contribution in [0.15, 0.2) is 66.4 Å². The largest absolute Gasteiger partial charge is 0.348 e. The summed E-state index contributed by atoms with van der Waals surface area (Å²) in [6.07, 6.45) is 8.30. The Morgan fingerprint density at radius 3 is 2.75 bits per heavy atom. The van der Waals surface area contributed by atoms with Crippen molar-refractivity contribution in [2.45, 2.75) is 51.9 Å². The van der Waals surface area contributed by atoms with Gasteiger partial charge in [0.2, 0.25) is 0 Å². The smallest absolute Gasteiger partial charge is 0.253 e. The predicted octanol–water partition coefficient (Wildman–Crippen LogP) is 5.90. The first-order valence-corrected chi connectivity index (χ1v) is 13.4. The second-order valence-corrected chi connectivity index (χ2v) is 10.4. The Kier molecular flexibility index (Phi) is 7.70. The van der Waals surface area contributed by atoms with Crippen LogP contribution in [0.2, 0.25) is 5.02 Å². The molecule has 0 saturated heterocycles. The van der Waals surface area contributed by atoms with Gasteiger partial charge in [0.15, 0.2) is 0 Å². The highest BCUT2D eigenvalue weighted by molar-refractivity contribution is 7.09. The third-order valence-corrected chi connectivity index (χ3v) is 7.74. The van der Waals surface area contributed by atoms with Gasteiger partial charge >= 0.3 is 0 Å². The van der Waals surface area contributed by atoms with Crippen LogP contribution in [0.1, 0.15) is 62.3 Å². The third-order valence-electron chi connectivity index (χ3n) is 6.49.